The average molecular weight is 294 g/mol. The molecule has 0 saturated carbocycles. The van der Waals surface area contributed by atoms with E-state index in [9.17, 15) is 4.79 Å². The van der Waals surface area contributed by atoms with Crippen LogP contribution in [0, 0.1) is 0 Å². The van der Waals surface area contributed by atoms with Crippen LogP contribution in [0.4, 0.5) is 5.13 Å². The number of thiophene rings is 1. The van der Waals surface area contributed by atoms with Gasteiger partial charge in [-0.1, -0.05) is 12.1 Å². The number of aliphatic carboxylic acids is 1. The molecule has 0 aromatic carbocycles. The number of carbonyl (C=O) groups is 1. The summed E-state index contributed by atoms with van der Waals surface area (Å²) >= 11 is 3.17. The Balaban J connectivity index is 2.13. The lowest BCUT2D eigenvalue weighted by molar-refractivity contribution is -0.136. The Morgan fingerprint density at radius 3 is 3.00 bits per heavy atom. The van der Waals surface area contributed by atoms with Crippen LogP contribution in [0.1, 0.15) is 6.42 Å². The van der Waals surface area contributed by atoms with Gasteiger partial charge in [0.1, 0.15) is 0 Å². The number of carboxylic acid groups (broad SMARTS) is 1. The molecular weight excluding hydrogens is 280 g/mol. The molecule has 0 aliphatic heterocycles. The van der Waals surface area contributed by atoms with Gasteiger partial charge in [0.2, 0.25) is 0 Å². The van der Waals surface area contributed by atoms with Crippen LogP contribution in [0.2, 0.25) is 0 Å². The zero-order valence-corrected chi connectivity index (χ0v) is 11.9. The van der Waals surface area contributed by atoms with E-state index in [4.69, 9.17) is 5.11 Å². The molecule has 100 valence electrons. The second kappa shape index (κ2) is 6.49. The van der Waals surface area contributed by atoms with Crippen LogP contribution in [-0.2, 0) is 4.79 Å². The van der Waals surface area contributed by atoms with Gasteiger partial charge < -0.3 is 10.0 Å². The van der Waals surface area contributed by atoms with E-state index in [0.717, 1.165) is 15.7 Å². The van der Waals surface area contributed by atoms with Gasteiger partial charge in [-0.2, -0.15) is 0 Å². The number of anilines is 1. The summed E-state index contributed by atoms with van der Waals surface area (Å²) in [6, 6.07) is 4.02. The molecule has 0 amide bonds. The van der Waals surface area contributed by atoms with Crippen molar-refractivity contribution in [3.8, 4) is 10.6 Å². The zero-order valence-electron chi connectivity index (χ0n) is 10.3. The normalized spacial score (nSPS) is 10.3. The third-order valence-corrected chi connectivity index (χ3v) is 4.28. The monoisotopic (exact) mass is 294 g/mol. The number of hydrogen-bond donors (Lipinski definition) is 1. The van der Waals surface area contributed by atoms with Crippen LogP contribution >= 0.6 is 22.7 Å². The van der Waals surface area contributed by atoms with Gasteiger partial charge in [-0.15, -0.1) is 29.3 Å². The molecule has 0 saturated heterocycles. The van der Waals surface area contributed by atoms with Gasteiger partial charge in [0, 0.05) is 18.5 Å². The Morgan fingerprint density at radius 2 is 2.37 bits per heavy atom. The molecule has 0 spiro atoms. The Labute approximate surface area is 119 Å². The molecule has 4 nitrogen and oxygen atoms in total. The molecule has 0 bridgehead atoms. The molecule has 0 aliphatic carbocycles. The van der Waals surface area contributed by atoms with Crippen molar-refractivity contribution in [2.24, 2.45) is 0 Å². The van der Waals surface area contributed by atoms with Gasteiger partial charge >= 0.3 is 5.97 Å². The highest BCUT2D eigenvalue weighted by Crippen LogP contribution is 2.30. The number of aromatic nitrogens is 1. The van der Waals surface area contributed by atoms with Crippen molar-refractivity contribution in [3.63, 3.8) is 0 Å². The lowest BCUT2D eigenvalue weighted by Gasteiger charge is -2.18. The van der Waals surface area contributed by atoms with Gasteiger partial charge in [0.15, 0.2) is 5.13 Å². The summed E-state index contributed by atoms with van der Waals surface area (Å²) in [4.78, 5) is 18.3. The van der Waals surface area contributed by atoms with E-state index < -0.39 is 5.97 Å². The molecule has 0 fully saturated rings. The second-order valence-corrected chi connectivity index (χ2v) is 5.66. The predicted molar refractivity (Wildman–Crippen MR) is 80.1 cm³/mol. The fraction of sp³-hybridized carbons (Fsp3) is 0.231. The molecular formula is C13H14N2O2S2. The summed E-state index contributed by atoms with van der Waals surface area (Å²) in [5.74, 6) is -0.802. The fourth-order valence-electron chi connectivity index (χ4n) is 1.60. The lowest BCUT2D eigenvalue weighted by Crippen LogP contribution is -2.26. The van der Waals surface area contributed by atoms with Crippen molar-refractivity contribution < 1.29 is 9.90 Å². The number of rotatable bonds is 7. The van der Waals surface area contributed by atoms with E-state index in [2.05, 4.69) is 11.6 Å². The topological polar surface area (TPSA) is 53.4 Å². The van der Waals surface area contributed by atoms with Crippen LogP contribution in [0.3, 0.4) is 0 Å². The van der Waals surface area contributed by atoms with Crippen LogP contribution in [0.25, 0.3) is 10.6 Å². The summed E-state index contributed by atoms with van der Waals surface area (Å²) in [7, 11) is 0. The Hall–Kier alpha value is -1.66. The highest BCUT2D eigenvalue weighted by atomic mass is 32.1. The van der Waals surface area contributed by atoms with Crippen molar-refractivity contribution >= 4 is 33.8 Å². The van der Waals surface area contributed by atoms with Crippen molar-refractivity contribution in [2.75, 3.05) is 18.0 Å². The summed E-state index contributed by atoms with van der Waals surface area (Å²) in [6.45, 7) is 4.74. The SMILES string of the molecule is C=CCN(CCC(=O)O)c1nc(-c2cccs2)cs1. The minimum absolute atomic E-state index is 0.0990. The summed E-state index contributed by atoms with van der Waals surface area (Å²) in [6.07, 6.45) is 1.86. The average Bonchev–Trinajstić information content (AvgIpc) is 3.03. The van der Waals surface area contributed by atoms with Gasteiger partial charge in [-0.25, -0.2) is 4.98 Å². The Bertz CT molecular complexity index is 549. The largest absolute Gasteiger partial charge is 0.481 e. The molecule has 19 heavy (non-hydrogen) atoms. The quantitative estimate of drug-likeness (QED) is 0.796. The van der Waals surface area contributed by atoms with Gasteiger partial charge in [0.05, 0.1) is 17.0 Å². The first-order valence-corrected chi connectivity index (χ1v) is 7.53. The number of hydrogen-bond acceptors (Lipinski definition) is 5. The molecule has 2 aromatic rings. The lowest BCUT2D eigenvalue weighted by atomic mass is 10.4. The van der Waals surface area contributed by atoms with Crippen LogP contribution in [0.5, 0.6) is 0 Å². The van der Waals surface area contributed by atoms with Crippen molar-refractivity contribution in [2.45, 2.75) is 6.42 Å². The fourth-order valence-corrected chi connectivity index (χ4v) is 3.22. The zero-order chi connectivity index (χ0) is 13.7. The van der Waals surface area contributed by atoms with Crippen LogP contribution in [-0.4, -0.2) is 29.1 Å². The van der Waals surface area contributed by atoms with E-state index in [1.165, 1.54) is 11.3 Å². The molecule has 2 rings (SSSR count). The van der Waals surface area contributed by atoms with Crippen LogP contribution in [0.15, 0.2) is 35.5 Å². The summed E-state index contributed by atoms with van der Waals surface area (Å²) < 4.78 is 0. The maximum Gasteiger partial charge on any atom is 0.305 e. The summed E-state index contributed by atoms with van der Waals surface area (Å²) in [5, 5.41) is 13.6. The Morgan fingerprint density at radius 1 is 1.53 bits per heavy atom. The second-order valence-electron chi connectivity index (χ2n) is 3.87. The third-order valence-electron chi connectivity index (χ3n) is 2.48. The molecule has 2 aromatic heterocycles. The van der Waals surface area contributed by atoms with E-state index in [1.807, 2.05) is 27.8 Å². The third kappa shape index (κ3) is 3.65. The van der Waals surface area contributed by atoms with Crippen molar-refractivity contribution in [1.82, 2.24) is 4.98 Å². The molecule has 6 heteroatoms. The van der Waals surface area contributed by atoms with E-state index >= 15 is 0 Å². The smallest absolute Gasteiger partial charge is 0.305 e. The van der Waals surface area contributed by atoms with Gasteiger partial charge in [-0.05, 0) is 11.4 Å². The van der Waals surface area contributed by atoms with Crippen LogP contribution < -0.4 is 4.90 Å². The Kier molecular flexibility index (Phi) is 4.70. The molecule has 0 radical (unpaired) electrons. The first-order chi connectivity index (χ1) is 9.20. The minimum Gasteiger partial charge on any atom is -0.481 e. The maximum absolute atomic E-state index is 10.7. The minimum atomic E-state index is -0.802. The van der Waals surface area contributed by atoms with Crippen molar-refractivity contribution in [3.05, 3.63) is 35.5 Å². The molecule has 0 aliphatic rings. The van der Waals surface area contributed by atoms with E-state index in [-0.39, 0.29) is 6.42 Å². The van der Waals surface area contributed by atoms with E-state index in [1.54, 1.807) is 17.4 Å². The highest BCUT2D eigenvalue weighted by Gasteiger charge is 2.12. The van der Waals surface area contributed by atoms with Crippen molar-refractivity contribution in [1.29, 1.82) is 0 Å². The first kappa shape index (κ1) is 13.8. The number of nitrogens with zero attached hydrogens (tertiary/aromatic N) is 2. The molecule has 1 N–H and O–H groups in total. The number of thiazole rings is 1. The van der Waals surface area contributed by atoms with Gasteiger partial charge in [0.25, 0.3) is 0 Å². The molecule has 0 unspecified atom stereocenters. The molecule has 0 atom stereocenters. The van der Waals surface area contributed by atoms with Gasteiger partial charge in [-0.3, -0.25) is 4.79 Å². The number of carboxylic acids is 1. The predicted octanol–water partition coefficient (Wildman–Crippen LogP) is 3.34. The molecule has 2 heterocycles. The first-order valence-electron chi connectivity index (χ1n) is 5.77. The highest BCUT2D eigenvalue weighted by molar-refractivity contribution is 7.16. The van der Waals surface area contributed by atoms with E-state index in [0.29, 0.717) is 13.1 Å². The standard InChI is InChI=1S/C13H14N2O2S2/c1-2-6-15(7-5-12(16)17)13-14-10(9-19-13)11-4-3-8-18-11/h2-4,8-9H,1,5-7H2,(H,16,17). The summed E-state index contributed by atoms with van der Waals surface area (Å²) in [5.41, 5.74) is 0.944. The maximum atomic E-state index is 10.7.